The smallest absolute Gasteiger partial charge is 0.243 e. The van der Waals surface area contributed by atoms with Crippen molar-refractivity contribution in [2.24, 2.45) is 0 Å². The highest BCUT2D eigenvalue weighted by Crippen LogP contribution is 2.25. The van der Waals surface area contributed by atoms with Crippen LogP contribution < -0.4 is 10.6 Å². The fourth-order valence-corrected chi connectivity index (χ4v) is 5.82. The van der Waals surface area contributed by atoms with Gasteiger partial charge in [-0.15, -0.1) is 0 Å². The molecule has 0 spiro atoms. The summed E-state index contributed by atoms with van der Waals surface area (Å²) in [6, 6.07) is 6.01. The summed E-state index contributed by atoms with van der Waals surface area (Å²) in [7, 11) is -3.52. The van der Waals surface area contributed by atoms with Crippen LogP contribution in [0.25, 0.3) is 0 Å². The van der Waals surface area contributed by atoms with Gasteiger partial charge < -0.3 is 10.6 Å². The molecule has 0 atom stereocenters. The van der Waals surface area contributed by atoms with Crippen LogP contribution in [0.15, 0.2) is 23.1 Å². The molecular formula is C22H36N4O3S. The van der Waals surface area contributed by atoms with Gasteiger partial charge in [-0.2, -0.15) is 4.31 Å². The number of benzene rings is 1. The van der Waals surface area contributed by atoms with Crippen molar-refractivity contribution < 1.29 is 13.2 Å². The minimum Gasteiger partial charge on any atom is -0.325 e. The second-order valence-corrected chi connectivity index (χ2v) is 10.8. The summed E-state index contributed by atoms with van der Waals surface area (Å²) >= 11 is 0. The van der Waals surface area contributed by atoms with Crippen molar-refractivity contribution in [2.45, 2.75) is 69.9 Å². The van der Waals surface area contributed by atoms with Gasteiger partial charge in [-0.25, -0.2) is 8.42 Å². The van der Waals surface area contributed by atoms with Gasteiger partial charge in [0.25, 0.3) is 0 Å². The van der Waals surface area contributed by atoms with Crippen molar-refractivity contribution in [1.82, 2.24) is 14.5 Å². The van der Waals surface area contributed by atoms with Crippen molar-refractivity contribution in [3.63, 3.8) is 0 Å². The highest BCUT2D eigenvalue weighted by Gasteiger charge is 2.27. The molecule has 8 heteroatoms. The summed E-state index contributed by atoms with van der Waals surface area (Å²) in [5, 5.41) is 6.50. The number of carbonyl (C=O) groups excluding carboxylic acids is 1. The lowest BCUT2D eigenvalue weighted by Crippen LogP contribution is -2.46. The zero-order valence-corrected chi connectivity index (χ0v) is 19.3. The Balaban J connectivity index is 1.60. The lowest BCUT2D eigenvalue weighted by Gasteiger charge is -2.33. The van der Waals surface area contributed by atoms with Crippen molar-refractivity contribution in [2.75, 3.05) is 38.0 Å². The normalized spacial score (nSPS) is 19.9. The van der Waals surface area contributed by atoms with Crippen LogP contribution in [0.1, 0.15) is 51.5 Å². The second kappa shape index (κ2) is 10.2. The number of amides is 1. The van der Waals surface area contributed by atoms with Gasteiger partial charge in [0.05, 0.1) is 11.4 Å². The molecule has 7 nitrogen and oxygen atoms in total. The van der Waals surface area contributed by atoms with Crippen LogP contribution in [0, 0.1) is 6.92 Å². The second-order valence-electron chi connectivity index (χ2n) is 8.86. The van der Waals surface area contributed by atoms with Crippen LogP contribution in [0.2, 0.25) is 0 Å². The lowest BCUT2D eigenvalue weighted by atomic mass is 10.0. The van der Waals surface area contributed by atoms with E-state index < -0.39 is 10.0 Å². The highest BCUT2D eigenvalue weighted by atomic mass is 32.2. The molecule has 3 rings (SSSR count). The molecule has 2 fully saturated rings. The lowest BCUT2D eigenvalue weighted by molar-refractivity contribution is -0.117. The maximum Gasteiger partial charge on any atom is 0.243 e. The fourth-order valence-electron chi connectivity index (χ4n) is 4.27. The van der Waals surface area contributed by atoms with E-state index in [4.69, 9.17) is 0 Å². The molecule has 168 valence electrons. The van der Waals surface area contributed by atoms with Crippen LogP contribution >= 0.6 is 0 Å². The first-order chi connectivity index (χ1) is 14.3. The third kappa shape index (κ3) is 6.03. The van der Waals surface area contributed by atoms with Gasteiger partial charge in [0, 0.05) is 44.0 Å². The maximum absolute atomic E-state index is 13.0. The summed E-state index contributed by atoms with van der Waals surface area (Å²) in [6.07, 6.45) is 4.95. The van der Waals surface area contributed by atoms with Gasteiger partial charge in [-0.1, -0.05) is 26.3 Å². The van der Waals surface area contributed by atoms with E-state index in [1.165, 1.54) is 0 Å². The number of nitrogens with one attached hydrogen (secondary N) is 2. The van der Waals surface area contributed by atoms with Crippen LogP contribution in [0.5, 0.6) is 0 Å². The van der Waals surface area contributed by atoms with Crippen molar-refractivity contribution in [3.8, 4) is 0 Å². The van der Waals surface area contributed by atoms with Gasteiger partial charge in [0.1, 0.15) is 0 Å². The van der Waals surface area contributed by atoms with Gasteiger partial charge in [-0.05, 0) is 50.3 Å². The van der Waals surface area contributed by atoms with Crippen LogP contribution in [-0.2, 0) is 14.8 Å². The molecule has 2 saturated heterocycles. The monoisotopic (exact) mass is 436 g/mol. The molecule has 0 aromatic heterocycles. The van der Waals surface area contributed by atoms with Crippen molar-refractivity contribution >= 4 is 21.6 Å². The first kappa shape index (κ1) is 23.2. The predicted octanol–water partition coefficient (Wildman–Crippen LogP) is 2.57. The molecule has 0 saturated carbocycles. The zero-order chi connectivity index (χ0) is 21.7. The number of hydrogen-bond donors (Lipinski definition) is 2. The molecule has 0 aliphatic carbocycles. The summed E-state index contributed by atoms with van der Waals surface area (Å²) in [4.78, 5) is 15.0. The number of likely N-dealkylation sites (tertiary alicyclic amines) is 1. The number of hydrogen-bond acceptors (Lipinski definition) is 5. The number of sulfonamides is 1. The highest BCUT2D eigenvalue weighted by molar-refractivity contribution is 7.89. The van der Waals surface area contributed by atoms with Gasteiger partial charge in [0.2, 0.25) is 15.9 Å². The molecule has 0 unspecified atom stereocenters. The van der Waals surface area contributed by atoms with E-state index in [9.17, 15) is 13.2 Å². The van der Waals surface area contributed by atoms with E-state index in [1.807, 2.05) is 6.92 Å². The first-order valence-corrected chi connectivity index (χ1v) is 12.6. The average Bonchev–Trinajstić information content (AvgIpc) is 2.71. The molecule has 1 amide bonds. The van der Waals surface area contributed by atoms with Gasteiger partial charge in [-0.3, -0.25) is 9.69 Å². The number of anilines is 1. The Kier molecular flexibility index (Phi) is 7.90. The molecule has 2 N–H and O–H groups in total. The van der Waals surface area contributed by atoms with E-state index >= 15 is 0 Å². The Labute approximate surface area is 181 Å². The quantitative estimate of drug-likeness (QED) is 0.687. The molecule has 30 heavy (non-hydrogen) atoms. The van der Waals surface area contributed by atoms with E-state index in [-0.39, 0.29) is 10.8 Å². The number of carbonyl (C=O) groups is 1. The molecule has 2 aliphatic rings. The molecule has 1 aromatic carbocycles. The number of piperidine rings is 2. The maximum atomic E-state index is 13.0. The summed E-state index contributed by atoms with van der Waals surface area (Å²) in [5.74, 6) is -0.0964. The summed E-state index contributed by atoms with van der Waals surface area (Å²) < 4.78 is 27.5. The molecule has 0 radical (unpaired) electrons. The summed E-state index contributed by atoms with van der Waals surface area (Å²) in [6.45, 7) is 9.44. The Morgan fingerprint density at radius 2 is 1.77 bits per heavy atom. The molecule has 1 aromatic rings. The van der Waals surface area contributed by atoms with Gasteiger partial charge >= 0.3 is 0 Å². The molecule has 2 aliphatic heterocycles. The Hall–Kier alpha value is -1.48. The predicted molar refractivity (Wildman–Crippen MR) is 120 cm³/mol. The third-order valence-electron chi connectivity index (χ3n) is 5.96. The third-order valence-corrected chi connectivity index (χ3v) is 7.85. The number of rotatable bonds is 7. The average molecular weight is 437 g/mol. The van der Waals surface area contributed by atoms with E-state index in [0.29, 0.717) is 37.4 Å². The Bertz CT molecular complexity index is 827. The van der Waals surface area contributed by atoms with Crippen LogP contribution in [0.4, 0.5) is 5.69 Å². The van der Waals surface area contributed by atoms with Crippen molar-refractivity contribution in [3.05, 3.63) is 23.8 Å². The fraction of sp³-hybridized carbons (Fsp3) is 0.682. The number of aryl methyl sites for hydroxylation is 1. The van der Waals surface area contributed by atoms with E-state index in [0.717, 1.165) is 50.8 Å². The molecule has 2 heterocycles. The zero-order valence-electron chi connectivity index (χ0n) is 18.5. The number of nitrogens with zero attached hydrogens (tertiary/aromatic N) is 2. The topological polar surface area (TPSA) is 81.8 Å². The summed E-state index contributed by atoms with van der Waals surface area (Å²) in [5.41, 5.74) is 1.44. The largest absolute Gasteiger partial charge is 0.325 e. The first-order valence-electron chi connectivity index (χ1n) is 11.1. The minimum atomic E-state index is -3.52. The Morgan fingerprint density at radius 1 is 1.10 bits per heavy atom. The van der Waals surface area contributed by atoms with Crippen LogP contribution in [-0.4, -0.2) is 68.3 Å². The van der Waals surface area contributed by atoms with E-state index in [2.05, 4.69) is 29.4 Å². The standard InChI is InChI=1S/C22H36N4O3S/c1-17(2)23-19-9-13-25(14-10-19)16-22(27)24-21-15-20(8-7-18(21)3)30(28,29)26-11-5-4-6-12-26/h7-8,15,17,19,23H,4-6,9-14,16H2,1-3H3,(H,24,27). The van der Waals surface area contributed by atoms with Gasteiger partial charge in [0.15, 0.2) is 0 Å². The molecule has 0 bridgehead atoms. The van der Waals surface area contributed by atoms with E-state index in [1.54, 1.807) is 22.5 Å². The van der Waals surface area contributed by atoms with Crippen molar-refractivity contribution in [1.29, 1.82) is 0 Å². The SMILES string of the molecule is Cc1ccc(S(=O)(=O)N2CCCCC2)cc1NC(=O)CN1CCC(NC(C)C)CC1. The molecular weight excluding hydrogens is 400 g/mol. The van der Waals surface area contributed by atoms with Crippen LogP contribution in [0.3, 0.4) is 0 Å². The minimum absolute atomic E-state index is 0.0964. The Morgan fingerprint density at radius 3 is 2.40 bits per heavy atom.